The third-order valence-corrected chi connectivity index (χ3v) is 7.27. The van der Waals surface area contributed by atoms with Crippen molar-refractivity contribution in [2.45, 2.75) is 0 Å². The van der Waals surface area contributed by atoms with E-state index in [9.17, 15) is 28.8 Å². The van der Waals surface area contributed by atoms with Crippen molar-refractivity contribution >= 4 is 34.3 Å². The third-order valence-electron chi connectivity index (χ3n) is 7.27. The summed E-state index contributed by atoms with van der Waals surface area (Å²) in [6, 6.07) is 3.38. The van der Waals surface area contributed by atoms with Crippen LogP contribution in [0.5, 0.6) is 34.5 Å². The van der Waals surface area contributed by atoms with Crippen molar-refractivity contribution in [2.75, 3.05) is 0 Å². The normalized spacial score (nSPS) is 10.2. The molecule has 0 saturated carbocycles. The van der Waals surface area contributed by atoms with Crippen LogP contribution in [0.4, 0.5) is 0 Å². The van der Waals surface area contributed by atoms with Crippen LogP contribution in [0.3, 0.4) is 0 Å². The molecule has 10 N–H and O–H groups in total. The Kier molecular flexibility index (Phi) is 12.5. The highest BCUT2D eigenvalue weighted by Gasteiger charge is 2.14. The Labute approximate surface area is 294 Å². The maximum absolute atomic E-state index is 11.7. The smallest absolute Gasteiger partial charge is 0.335 e. The fourth-order valence-electron chi connectivity index (χ4n) is 4.40. The summed E-state index contributed by atoms with van der Waals surface area (Å²) in [4.78, 5) is 74.9. The van der Waals surface area contributed by atoms with Crippen molar-refractivity contribution in [1.29, 1.82) is 0 Å². The predicted octanol–water partition coefficient (Wildman–Crippen LogP) is -1.88. The minimum atomic E-state index is -1.29. The van der Waals surface area contributed by atoms with Gasteiger partial charge in [0.15, 0.2) is 56.8 Å². The molecule has 6 rings (SSSR count). The number of carboxylic acid groups (broad SMARTS) is 2. The van der Waals surface area contributed by atoms with Crippen molar-refractivity contribution in [3.63, 3.8) is 0 Å². The van der Waals surface area contributed by atoms with E-state index in [0.29, 0.717) is 22.3 Å². The second-order valence-electron chi connectivity index (χ2n) is 10.8. The first-order valence-corrected chi connectivity index (χ1v) is 14.2. The van der Waals surface area contributed by atoms with Crippen molar-refractivity contribution < 1.29 is 55.9 Å². The van der Waals surface area contributed by atoms with E-state index in [4.69, 9.17) is 40.9 Å². The molecule has 0 atom stereocenters. The average Bonchev–Trinajstić information content (AvgIpc) is 3.68. The van der Waals surface area contributed by atoms with E-state index in [1.54, 1.807) is 37.3 Å². The number of carbonyl (C=O) groups is 2. The zero-order valence-electron chi connectivity index (χ0n) is 28.6. The summed E-state index contributed by atoms with van der Waals surface area (Å²) in [5.74, 6) is -6.67. The van der Waals surface area contributed by atoms with E-state index < -0.39 is 46.4 Å². The van der Waals surface area contributed by atoms with E-state index >= 15 is 0 Å². The van der Waals surface area contributed by atoms with Gasteiger partial charge in [-0.15, -0.1) is 0 Å². The van der Waals surface area contributed by atoms with Gasteiger partial charge in [0.25, 0.3) is 11.1 Å². The van der Waals surface area contributed by atoms with Crippen molar-refractivity contribution in [2.24, 2.45) is 42.3 Å². The van der Waals surface area contributed by atoms with Crippen molar-refractivity contribution in [3.8, 4) is 34.5 Å². The summed E-state index contributed by atoms with van der Waals surface area (Å²) in [5, 5.41) is 69.9. The maximum atomic E-state index is 11.7. The Morgan fingerprint density at radius 3 is 1.02 bits per heavy atom. The largest absolute Gasteiger partial charge is 0.504 e. The van der Waals surface area contributed by atoms with Crippen molar-refractivity contribution in [1.82, 2.24) is 37.4 Å². The Balaban J connectivity index is 0.000000244. The molecule has 0 amide bonds. The summed E-state index contributed by atoms with van der Waals surface area (Å²) in [6.07, 6.45) is 3.04. The first-order chi connectivity index (χ1) is 24.1. The molecule has 0 radical (unpaired) electrons. The number of aromatic nitrogens is 8. The summed E-state index contributed by atoms with van der Waals surface area (Å²) in [5.41, 5.74) is -0.218. The minimum absolute atomic E-state index is 0. The van der Waals surface area contributed by atoms with Crippen molar-refractivity contribution in [3.05, 3.63) is 89.7 Å². The number of imidazole rings is 2. The number of benzene rings is 2. The molecule has 0 spiro atoms. The number of carboxylic acids is 2. The Hall–Kier alpha value is -7.56. The number of nitrogens with zero attached hydrogens (tertiary/aromatic N) is 8. The molecule has 0 aliphatic carbocycles. The van der Waals surface area contributed by atoms with Gasteiger partial charge >= 0.3 is 23.3 Å². The Morgan fingerprint density at radius 1 is 0.509 bits per heavy atom. The number of rotatable bonds is 2. The molecule has 0 aliphatic rings. The summed E-state index contributed by atoms with van der Waals surface area (Å²) >= 11 is 0. The molecule has 4 heterocycles. The van der Waals surface area contributed by atoms with Crippen LogP contribution in [0.2, 0.25) is 0 Å². The topological polar surface area (TPSA) is 351 Å². The lowest BCUT2D eigenvalue weighted by molar-refractivity contribution is 0.0685. The lowest BCUT2D eigenvalue weighted by Crippen LogP contribution is -2.37. The Bertz CT molecular complexity index is 2380. The number of aryl methyl sites for hydroxylation is 4. The SMILES string of the molecule is Cn1c(=O)c2c(ncn2C)n(C)c1=O.Cn1c(=O)c2c(ncn2C)n(C)c1=O.O.O=C(O)c1cc(O)c(O)c(O)c1.O=C(O)c1cc(O)c(O)c(O)c1. The number of hydrogen-bond acceptors (Lipinski definition) is 14. The van der Waals surface area contributed by atoms with Gasteiger partial charge in [0.1, 0.15) is 0 Å². The highest BCUT2D eigenvalue weighted by molar-refractivity contribution is 5.90. The van der Waals surface area contributed by atoms with E-state index in [2.05, 4.69) is 9.97 Å². The molecule has 23 heteroatoms. The molecule has 0 unspecified atom stereocenters. The second-order valence-corrected chi connectivity index (χ2v) is 10.8. The summed E-state index contributed by atoms with van der Waals surface area (Å²) in [7, 11) is 9.55. The fourth-order valence-corrected chi connectivity index (χ4v) is 4.40. The molecular weight excluding hydrogens is 712 g/mol. The molecule has 4 aromatic heterocycles. The average molecular weight is 747 g/mol. The Morgan fingerprint density at radius 2 is 0.774 bits per heavy atom. The number of hydrogen-bond donors (Lipinski definition) is 8. The van der Waals surface area contributed by atoms with Gasteiger partial charge in [0.2, 0.25) is 0 Å². The standard InChI is InChI=1S/2C8H10N4O2.2C7H6O5.H2O/c2*1-10-4-9-6-5(10)7(13)12(3)8(14)11(6)2;2*8-4-1-3(7(11)12)2-5(9)6(4)10;/h2*4H,1-3H3;2*1-2,8-10H,(H,11,12);1H2. The molecular formula is C30H34N8O15. The van der Waals surface area contributed by atoms with Gasteiger partial charge in [-0.1, -0.05) is 0 Å². The molecule has 23 nitrogen and oxygen atoms in total. The van der Waals surface area contributed by atoms with Crippen LogP contribution in [-0.4, -0.2) is 95.6 Å². The van der Waals surface area contributed by atoms with E-state index in [1.165, 1.54) is 35.9 Å². The summed E-state index contributed by atoms with van der Waals surface area (Å²) < 4.78 is 8.08. The molecule has 284 valence electrons. The number of aromatic carboxylic acids is 2. The van der Waals surface area contributed by atoms with Crippen LogP contribution in [0.15, 0.2) is 56.1 Å². The van der Waals surface area contributed by atoms with Gasteiger partial charge in [0.05, 0.1) is 23.8 Å². The van der Waals surface area contributed by atoms with Gasteiger partial charge in [0, 0.05) is 42.3 Å². The monoisotopic (exact) mass is 746 g/mol. The van der Waals surface area contributed by atoms with Gasteiger partial charge in [-0.3, -0.25) is 27.9 Å². The maximum Gasteiger partial charge on any atom is 0.335 e. The third kappa shape index (κ3) is 8.26. The number of phenols is 6. The van der Waals surface area contributed by atoms with Crippen LogP contribution in [-0.2, 0) is 42.3 Å². The van der Waals surface area contributed by atoms with E-state index in [0.717, 1.165) is 33.4 Å². The van der Waals surface area contributed by atoms with Gasteiger partial charge in [-0.2, -0.15) is 0 Å². The fraction of sp³-hybridized carbons (Fsp3) is 0.200. The van der Waals surface area contributed by atoms with Crippen LogP contribution in [0.25, 0.3) is 22.3 Å². The first kappa shape index (κ1) is 41.6. The van der Waals surface area contributed by atoms with Crippen LogP contribution in [0.1, 0.15) is 20.7 Å². The van der Waals surface area contributed by atoms with Gasteiger partial charge in [-0.25, -0.2) is 29.1 Å². The molecule has 6 aromatic rings. The predicted molar refractivity (Wildman–Crippen MR) is 183 cm³/mol. The van der Waals surface area contributed by atoms with Gasteiger partial charge in [-0.05, 0) is 24.3 Å². The van der Waals surface area contributed by atoms with E-state index in [1.807, 2.05) is 0 Å². The molecule has 0 bridgehead atoms. The van der Waals surface area contributed by atoms with Gasteiger partial charge < -0.3 is 55.5 Å². The number of aromatic hydroxyl groups is 6. The lowest BCUT2D eigenvalue weighted by Gasteiger charge is -2.02. The first-order valence-electron chi connectivity index (χ1n) is 14.2. The molecule has 2 aromatic carbocycles. The summed E-state index contributed by atoms with van der Waals surface area (Å²) in [6.45, 7) is 0. The molecule has 0 aliphatic heterocycles. The van der Waals surface area contributed by atoms with Crippen LogP contribution in [0, 0.1) is 0 Å². The zero-order valence-corrected chi connectivity index (χ0v) is 28.6. The quantitative estimate of drug-likeness (QED) is 0.0899. The van der Waals surface area contributed by atoms with Crippen LogP contribution >= 0.6 is 0 Å². The number of phenolic OH excluding ortho intramolecular Hbond substituents is 6. The molecule has 53 heavy (non-hydrogen) atoms. The van der Waals surface area contributed by atoms with Crippen LogP contribution < -0.4 is 22.5 Å². The highest BCUT2D eigenvalue weighted by atomic mass is 16.4. The zero-order chi connectivity index (χ0) is 39.5. The number of fused-ring (bicyclic) bond motifs is 2. The minimum Gasteiger partial charge on any atom is -0.504 e. The lowest BCUT2D eigenvalue weighted by atomic mass is 10.2. The molecule has 0 saturated heterocycles. The second kappa shape index (κ2) is 16.0. The molecule has 0 fully saturated rings. The highest BCUT2D eigenvalue weighted by Crippen LogP contribution is 2.36. The van der Waals surface area contributed by atoms with E-state index in [-0.39, 0.29) is 39.1 Å².